The number of benzene rings is 1. The van der Waals surface area contributed by atoms with Gasteiger partial charge in [-0.3, -0.25) is 4.79 Å². The van der Waals surface area contributed by atoms with Crippen LogP contribution in [0.15, 0.2) is 33.7 Å². The first-order valence-electron chi connectivity index (χ1n) is 8.69. The van der Waals surface area contributed by atoms with Gasteiger partial charge in [0.05, 0.1) is 0 Å². The fourth-order valence-electron chi connectivity index (χ4n) is 3.42. The number of nitrogens with zero attached hydrogens (tertiary/aromatic N) is 2. The number of carbonyl (C=O) groups is 1. The van der Waals surface area contributed by atoms with Crippen LogP contribution in [0.1, 0.15) is 36.8 Å². The van der Waals surface area contributed by atoms with E-state index >= 15 is 0 Å². The lowest BCUT2D eigenvalue weighted by molar-refractivity contribution is -0.119. The fraction of sp³-hybridized carbons (Fsp3) is 0.444. The number of nitrogens with one attached hydrogen (secondary N) is 1. The Kier molecular flexibility index (Phi) is 5.15. The molecule has 1 aromatic heterocycles. The maximum absolute atomic E-state index is 13.1. The molecule has 1 amide bonds. The van der Waals surface area contributed by atoms with Gasteiger partial charge in [0, 0.05) is 12.2 Å². The monoisotopic (exact) mass is 377 g/mol. The summed E-state index contributed by atoms with van der Waals surface area (Å²) in [5.41, 5.74) is 2.05. The first-order valence-corrected chi connectivity index (χ1v) is 10.1. The number of para-hydroxylation sites is 1. The summed E-state index contributed by atoms with van der Waals surface area (Å²) in [6.45, 7) is 5.47. The van der Waals surface area contributed by atoms with E-state index in [9.17, 15) is 13.2 Å². The van der Waals surface area contributed by atoms with Crippen LogP contribution in [0, 0.1) is 13.8 Å². The van der Waals surface area contributed by atoms with Crippen LogP contribution in [0.4, 0.5) is 5.69 Å². The van der Waals surface area contributed by atoms with E-state index in [4.69, 9.17) is 4.52 Å². The molecule has 0 aliphatic carbocycles. The van der Waals surface area contributed by atoms with Crippen molar-refractivity contribution in [2.45, 2.75) is 51.0 Å². The van der Waals surface area contributed by atoms with Gasteiger partial charge in [0.2, 0.25) is 15.9 Å². The Balaban J connectivity index is 1.87. The van der Waals surface area contributed by atoms with Crippen LogP contribution in [-0.2, 0) is 21.2 Å². The van der Waals surface area contributed by atoms with E-state index < -0.39 is 16.1 Å². The van der Waals surface area contributed by atoms with E-state index in [2.05, 4.69) is 10.5 Å². The number of rotatable bonds is 5. The molecular weight excluding hydrogens is 354 g/mol. The molecule has 8 heteroatoms. The molecule has 1 fully saturated rings. The van der Waals surface area contributed by atoms with E-state index in [1.54, 1.807) is 13.8 Å². The van der Waals surface area contributed by atoms with Gasteiger partial charge < -0.3 is 9.84 Å². The summed E-state index contributed by atoms with van der Waals surface area (Å²) in [5, 5.41) is 6.63. The quantitative estimate of drug-likeness (QED) is 0.865. The number of aromatic nitrogens is 1. The minimum atomic E-state index is -3.84. The molecule has 2 aromatic rings. The summed E-state index contributed by atoms with van der Waals surface area (Å²) in [6.07, 6.45) is 1.90. The molecule has 1 aromatic carbocycles. The average Bonchev–Trinajstić information content (AvgIpc) is 3.23. The highest BCUT2D eigenvalue weighted by Gasteiger charge is 2.41. The zero-order valence-electron chi connectivity index (χ0n) is 15.2. The molecule has 0 unspecified atom stereocenters. The second-order valence-corrected chi connectivity index (χ2v) is 8.25. The fourth-order valence-corrected chi connectivity index (χ4v) is 5.37. The van der Waals surface area contributed by atoms with E-state index in [1.807, 2.05) is 31.2 Å². The molecule has 3 rings (SSSR count). The predicted molar refractivity (Wildman–Crippen MR) is 97.3 cm³/mol. The van der Waals surface area contributed by atoms with Crippen molar-refractivity contribution in [2.24, 2.45) is 0 Å². The Labute approximate surface area is 153 Å². The summed E-state index contributed by atoms with van der Waals surface area (Å²) < 4.78 is 32.4. The number of hydrogen-bond donors (Lipinski definition) is 1. The van der Waals surface area contributed by atoms with Gasteiger partial charge in [-0.1, -0.05) is 30.3 Å². The molecule has 7 nitrogen and oxygen atoms in total. The number of amides is 1. The Hall–Kier alpha value is -2.19. The third-order valence-electron chi connectivity index (χ3n) is 4.70. The van der Waals surface area contributed by atoms with Crippen molar-refractivity contribution in [1.82, 2.24) is 9.46 Å². The zero-order chi connectivity index (χ0) is 18.9. The Morgan fingerprint density at radius 1 is 1.35 bits per heavy atom. The third-order valence-corrected chi connectivity index (χ3v) is 6.85. The lowest BCUT2D eigenvalue weighted by atomic mass is 10.1. The van der Waals surface area contributed by atoms with Crippen molar-refractivity contribution < 1.29 is 17.7 Å². The highest BCUT2D eigenvalue weighted by atomic mass is 32.2. The summed E-state index contributed by atoms with van der Waals surface area (Å²) in [5.74, 6) is -0.0661. The summed E-state index contributed by atoms with van der Waals surface area (Å²) in [7, 11) is -3.84. The first kappa shape index (κ1) is 18.6. The van der Waals surface area contributed by atoms with Crippen LogP contribution in [-0.4, -0.2) is 36.4 Å². The maximum Gasteiger partial charge on any atom is 0.249 e. The van der Waals surface area contributed by atoms with E-state index in [-0.39, 0.29) is 16.6 Å². The molecule has 1 N–H and O–H groups in total. The Morgan fingerprint density at radius 3 is 2.73 bits per heavy atom. The molecular formula is C18H23N3O4S. The van der Waals surface area contributed by atoms with Gasteiger partial charge in [-0.2, -0.15) is 4.31 Å². The SMILES string of the molecule is CCc1ccccc1NC(=O)[C@@H]1CCCN1S(=O)(=O)c1c(C)noc1C. The Morgan fingerprint density at radius 2 is 2.08 bits per heavy atom. The summed E-state index contributed by atoms with van der Waals surface area (Å²) in [4.78, 5) is 12.9. The molecule has 1 atom stereocenters. The van der Waals surface area contributed by atoms with Crippen molar-refractivity contribution >= 4 is 21.6 Å². The molecule has 1 aliphatic heterocycles. The second kappa shape index (κ2) is 7.20. The zero-order valence-corrected chi connectivity index (χ0v) is 16.0. The van der Waals surface area contributed by atoms with Crippen LogP contribution in [0.3, 0.4) is 0 Å². The third kappa shape index (κ3) is 3.26. The van der Waals surface area contributed by atoms with Gasteiger partial charge in [-0.05, 0) is 44.7 Å². The Bertz CT molecular complexity index is 901. The number of hydrogen-bond acceptors (Lipinski definition) is 5. The van der Waals surface area contributed by atoms with Gasteiger partial charge in [0.15, 0.2) is 5.76 Å². The topological polar surface area (TPSA) is 92.5 Å². The molecule has 1 saturated heterocycles. The molecule has 0 bridgehead atoms. The lowest BCUT2D eigenvalue weighted by Gasteiger charge is -2.23. The van der Waals surface area contributed by atoms with Crippen LogP contribution in [0.5, 0.6) is 0 Å². The molecule has 26 heavy (non-hydrogen) atoms. The highest BCUT2D eigenvalue weighted by molar-refractivity contribution is 7.89. The van der Waals surface area contributed by atoms with Gasteiger partial charge in [0.1, 0.15) is 16.6 Å². The van der Waals surface area contributed by atoms with Gasteiger partial charge in [-0.25, -0.2) is 8.42 Å². The van der Waals surface area contributed by atoms with Gasteiger partial charge >= 0.3 is 0 Å². The van der Waals surface area contributed by atoms with Crippen LogP contribution >= 0.6 is 0 Å². The smallest absolute Gasteiger partial charge is 0.249 e. The van der Waals surface area contributed by atoms with Crippen LogP contribution < -0.4 is 5.32 Å². The van der Waals surface area contributed by atoms with Crippen molar-refractivity contribution in [3.05, 3.63) is 41.3 Å². The molecule has 2 heterocycles. The van der Waals surface area contributed by atoms with E-state index in [0.717, 1.165) is 17.7 Å². The highest BCUT2D eigenvalue weighted by Crippen LogP contribution is 2.30. The second-order valence-electron chi connectivity index (χ2n) is 6.43. The van der Waals surface area contributed by atoms with E-state index in [0.29, 0.717) is 25.1 Å². The number of aryl methyl sites for hydroxylation is 3. The largest absolute Gasteiger partial charge is 0.360 e. The normalized spacial score (nSPS) is 18.2. The molecule has 1 aliphatic rings. The maximum atomic E-state index is 13.1. The molecule has 0 spiro atoms. The standard InChI is InChI=1S/C18H23N3O4S/c1-4-14-8-5-6-9-15(14)19-18(22)16-10-7-11-21(16)26(23,24)17-12(2)20-25-13(17)3/h5-6,8-9,16H,4,7,10-11H2,1-3H3,(H,19,22)/t16-/m0/s1. The minimum Gasteiger partial charge on any atom is -0.360 e. The van der Waals surface area contributed by atoms with Crippen LogP contribution in [0.25, 0.3) is 0 Å². The minimum absolute atomic E-state index is 0.0613. The summed E-state index contributed by atoms with van der Waals surface area (Å²) in [6, 6.07) is 6.81. The first-order chi connectivity index (χ1) is 12.4. The number of anilines is 1. The molecule has 140 valence electrons. The van der Waals surface area contributed by atoms with E-state index in [1.165, 1.54) is 4.31 Å². The number of carbonyl (C=O) groups excluding carboxylic acids is 1. The summed E-state index contributed by atoms with van der Waals surface area (Å²) >= 11 is 0. The van der Waals surface area contributed by atoms with Gasteiger partial charge in [0.25, 0.3) is 0 Å². The van der Waals surface area contributed by atoms with Crippen molar-refractivity contribution in [2.75, 3.05) is 11.9 Å². The predicted octanol–water partition coefficient (Wildman–Crippen LogP) is 2.65. The van der Waals surface area contributed by atoms with Crippen LogP contribution in [0.2, 0.25) is 0 Å². The molecule has 0 radical (unpaired) electrons. The van der Waals surface area contributed by atoms with Crippen molar-refractivity contribution in [3.63, 3.8) is 0 Å². The molecule has 0 saturated carbocycles. The number of sulfonamides is 1. The lowest BCUT2D eigenvalue weighted by Crippen LogP contribution is -2.43. The van der Waals surface area contributed by atoms with Gasteiger partial charge in [-0.15, -0.1) is 0 Å². The average molecular weight is 377 g/mol. The van der Waals surface area contributed by atoms with Crippen molar-refractivity contribution in [1.29, 1.82) is 0 Å². The van der Waals surface area contributed by atoms with Crippen molar-refractivity contribution in [3.8, 4) is 0 Å².